The molecule has 0 saturated heterocycles. The third-order valence-electron chi connectivity index (χ3n) is 1.34. The number of esters is 1. The summed E-state index contributed by atoms with van der Waals surface area (Å²) in [6.07, 6.45) is 1.60. The Labute approximate surface area is 63.9 Å². The lowest BCUT2D eigenvalue weighted by atomic mass is 10.2. The largest absolute Gasteiger partial charge is 0.469 e. The lowest BCUT2D eigenvalue weighted by molar-refractivity contribution is -0.139. The van der Waals surface area contributed by atoms with Crippen LogP contribution in [0.3, 0.4) is 0 Å². The number of furan rings is 1. The van der Waals surface area contributed by atoms with Crippen molar-refractivity contribution >= 4 is 11.9 Å². The maximum Gasteiger partial charge on any atom is 0.310 e. The highest BCUT2D eigenvalue weighted by molar-refractivity contribution is 5.73. The number of rotatable bonds is 2. The number of hydrogen-bond acceptors (Lipinski definition) is 4. The molecule has 11 heavy (non-hydrogen) atoms. The van der Waals surface area contributed by atoms with Gasteiger partial charge >= 0.3 is 5.97 Å². The molecule has 4 nitrogen and oxygen atoms in total. The summed E-state index contributed by atoms with van der Waals surface area (Å²) in [4.78, 5) is 10.7. The molecule has 1 aromatic heterocycles. The van der Waals surface area contributed by atoms with Crippen molar-refractivity contribution in [1.82, 2.24) is 0 Å². The van der Waals surface area contributed by atoms with Gasteiger partial charge in [0.2, 0.25) is 0 Å². The molecule has 1 heterocycles. The van der Waals surface area contributed by atoms with Crippen LogP contribution in [-0.2, 0) is 16.0 Å². The summed E-state index contributed by atoms with van der Waals surface area (Å²) in [7, 11) is 1.33. The minimum absolute atomic E-state index is 0.166. The number of carbonyl (C=O) groups excluding carboxylic acids is 1. The van der Waals surface area contributed by atoms with Gasteiger partial charge in [-0.2, -0.15) is 0 Å². The van der Waals surface area contributed by atoms with Gasteiger partial charge in [-0.3, -0.25) is 4.79 Å². The average Bonchev–Trinajstić information content (AvgIpc) is 2.37. The van der Waals surface area contributed by atoms with E-state index in [1.165, 1.54) is 13.4 Å². The lowest BCUT2D eigenvalue weighted by Gasteiger charge is -1.95. The van der Waals surface area contributed by atoms with Crippen molar-refractivity contribution < 1.29 is 13.9 Å². The van der Waals surface area contributed by atoms with E-state index in [-0.39, 0.29) is 18.3 Å². The SMILES string of the molecule is COC(=O)Cc1ccoc1N. The van der Waals surface area contributed by atoms with Crippen molar-refractivity contribution in [2.75, 3.05) is 12.8 Å². The quantitative estimate of drug-likeness (QED) is 0.634. The topological polar surface area (TPSA) is 65.5 Å². The molecule has 0 bridgehead atoms. The van der Waals surface area contributed by atoms with Gasteiger partial charge in [0.25, 0.3) is 0 Å². The Balaban J connectivity index is 2.64. The van der Waals surface area contributed by atoms with Gasteiger partial charge in [0.15, 0.2) is 5.88 Å². The van der Waals surface area contributed by atoms with Gasteiger partial charge in [0.1, 0.15) is 0 Å². The summed E-state index contributed by atoms with van der Waals surface area (Å²) < 4.78 is 9.22. The van der Waals surface area contributed by atoms with Crippen LogP contribution >= 0.6 is 0 Å². The Bertz CT molecular complexity index is 254. The molecule has 0 aliphatic rings. The molecule has 0 spiro atoms. The van der Waals surface area contributed by atoms with E-state index in [9.17, 15) is 4.79 Å². The molecule has 4 heteroatoms. The Hall–Kier alpha value is -1.45. The zero-order valence-corrected chi connectivity index (χ0v) is 6.16. The summed E-state index contributed by atoms with van der Waals surface area (Å²) >= 11 is 0. The van der Waals surface area contributed by atoms with Gasteiger partial charge in [-0.1, -0.05) is 0 Å². The van der Waals surface area contributed by atoms with Crippen molar-refractivity contribution in [3.05, 3.63) is 17.9 Å². The highest BCUT2D eigenvalue weighted by Gasteiger charge is 2.07. The summed E-state index contributed by atoms with van der Waals surface area (Å²) in [6.45, 7) is 0. The molecule has 0 saturated carbocycles. The molecule has 0 radical (unpaired) electrons. The third kappa shape index (κ3) is 1.73. The van der Waals surface area contributed by atoms with Crippen molar-refractivity contribution in [2.24, 2.45) is 0 Å². The fourth-order valence-electron chi connectivity index (χ4n) is 0.721. The van der Waals surface area contributed by atoms with Crippen LogP contribution in [0.5, 0.6) is 0 Å². The van der Waals surface area contributed by atoms with E-state index in [0.717, 1.165) is 0 Å². The normalized spacial score (nSPS) is 9.55. The molecule has 0 aliphatic heterocycles. The van der Waals surface area contributed by atoms with Crippen molar-refractivity contribution in [1.29, 1.82) is 0 Å². The van der Waals surface area contributed by atoms with Gasteiger partial charge < -0.3 is 14.9 Å². The van der Waals surface area contributed by atoms with Crippen LogP contribution in [0.4, 0.5) is 5.88 Å². The van der Waals surface area contributed by atoms with Crippen LogP contribution in [0.15, 0.2) is 16.7 Å². The van der Waals surface area contributed by atoms with E-state index in [1.807, 2.05) is 0 Å². The highest BCUT2D eigenvalue weighted by Crippen LogP contribution is 2.12. The molecule has 0 fully saturated rings. The molecule has 0 atom stereocenters. The number of carbonyl (C=O) groups is 1. The molecule has 60 valence electrons. The van der Waals surface area contributed by atoms with E-state index in [4.69, 9.17) is 10.2 Å². The maximum atomic E-state index is 10.7. The van der Waals surface area contributed by atoms with Crippen molar-refractivity contribution in [3.8, 4) is 0 Å². The van der Waals surface area contributed by atoms with Crippen LogP contribution in [0.25, 0.3) is 0 Å². The molecular formula is C7H9NO3. The lowest BCUT2D eigenvalue weighted by Crippen LogP contribution is -2.04. The molecule has 1 aromatic rings. The number of nitrogens with two attached hydrogens (primary N) is 1. The Morgan fingerprint density at radius 1 is 1.82 bits per heavy atom. The van der Waals surface area contributed by atoms with Gasteiger partial charge in [0.05, 0.1) is 19.8 Å². The summed E-state index contributed by atoms with van der Waals surface area (Å²) in [5.41, 5.74) is 6.03. The number of nitrogen functional groups attached to an aromatic ring is 1. The monoisotopic (exact) mass is 155 g/mol. The minimum atomic E-state index is -0.321. The average molecular weight is 155 g/mol. The Morgan fingerprint density at radius 2 is 2.55 bits per heavy atom. The van der Waals surface area contributed by atoms with Crippen LogP contribution < -0.4 is 5.73 Å². The first-order chi connectivity index (χ1) is 5.24. The smallest absolute Gasteiger partial charge is 0.310 e. The first-order valence-electron chi connectivity index (χ1n) is 3.12. The fourth-order valence-corrected chi connectivity index (χ4v) is 0.721. The van der Waals surface area contributed by atoms with E-state index >= 15 is 0 Å². The van der Waals surface area contributed by atoms with E-state index < -0.39 is 0 Å². The van der Waals surface area contributed by atoms with Crippen LogP contribution in [0.1, 0.15) is 5.56 Å². The predicted molar refractivity (Wildman–Crippen MR) is 38.8 cm³/mol. The molecule has 2 N–H and O–H groups in total. The van der Waals surface area contributed by atoms with Crippen LogP contribution in [-0.4, -0.2) is 13.1 Å². The molecule has 0 aromatic carbocycles. The molecule has 0 aliphatic carbocycles. The van der Waals surface area contributed by atoms with E-state index in [0.29, 0.717) is 5.56 Å². The third-order valence-corrected chi connectivity index (χ3v) is 1.34. The second-order valence-corrected chi connectivity index (χ2v) is 2.06. The number of hydrogen-bond donors (Lipinski definition) is 1. The first kappa shape index (κ1) is 7.65. The molecular weight excluding hydrogens is 146 g/mol. The van der Waals surface area contributed by atoms with Gasteiger partial charge in [-0.25, -0.2) is 0 Å². The van der Waals surface area contributed by atoms with Crippen LogP contribution in [0.2, 0.25) is 0 Å². The standard InChI is InChI=1S/C7H9NO3/c1-10-6(9)4-5-2-3-11-7(5)8/h2-3H,4,8H2,1H3. The van der Waals surface area contributed by atoms with E-state index in [2.05, 4.69) is 4.74 Å². The highest BCUT2D eigenvalue weighted by atomic mass is 16.5. The Morgan fingerprint density at radius 3 is 3.00 bits per heavy atom. The fraction of sp³-hybridized carbons (Fsp3) is 0.286. The second-order valence-electron chi connectivity index (χ2n) is 2.06. The number of ether oxygens (including phenoxy) is 1. The molecule has 0 unspecified atom stereocenters. The zero-order chi connectivity index (χ0) is 8.27. The minimum Gasteiger partial charge on any atom is -0.469 e. The number of anilines is 1. The maximum absolute atomic E-state index is 10.7. The number of methoxy groups -OCH3 is 1. The first-order valence-corrected chi connectivity index (χ1v) is 3.12. The summed E-state index contributed by atoms with van der Waals surface area (Å²) in [6, 6.07) is 1.65. The zero-order valence-electron chi connectivity index (χ0n) is 6.16. The summed E-state index contributed by atoms with van der Waals surface area (Å²) in [5, 5.41) is 0. The summed E-state index contributed by atoms with van der Waals surface area (Å²) in [5.74, 6) is -0.0477. The van der Waals surface area contributed by atoms with Crippen LogP contribution in [0, 0.1) is 0 Å². The van der Waals surface area contributed by atoms with E-state index in [1.54, 1.807) is 6.07 Å². The second kappa shape index (κ2) is 3.09. The molecule has 0 amide bonds. The Kier molecular flexibility index (Phi) is 2.15. The van der Waals surface area contributed by atoms with Gasteiger partial charge in [-0.15, -0.1) is 0 Å². The molecule has 1 rings (SSSR count). The van der Waals surface area contributed by atoms with Gasteiger partial charge in [-0.05, 0) is 6.07 Å². The van der Waals surface area contributed by atoms with Crippen molar-refractivity contribution in [2.45, 2.75) is 6.42 Å². The van der Waals surface area contributed by atoms with Crippen molar-refractivity contribution in [3.63, 3.8) is 0 Å². The van der Waals surface area contributed by atoms with Gasteiger partial charge in [0, 0.05) is 5.56 Å². The predicted octanol–water partition coefficient (Wildman–Crippen LogP) is 0.577.